The maximum Gasteiger partial charge on any atom is 0.295 e. The molecule has 0 saturated carbocycles. The van der Waals surface area contributed by atoms with Gasteiger partial charge in [0.05, 0.1) is 32.2 Å². The van der Waals surface area contributed by atoms with E-state index in [4.69, 9.17) is 14.6 Å². The number of unbranched alkanes of at least 4 members (excludes halogenated alkanes) is 1. The number of hydrogen-bond donors (Lipinski definition) is 2. The van der Waals surface area contributed by atoms with Gasteiger partial charge in [0, 0.05) is 29.5 Å². The highest BCUT2D eigenvalue weighted by Crippen LogP contribution is 2.32. The van der Waals surface area contributed by atoms with E-state index in [0.29, 0.717) is 40.4 Å². The molecule has 204 valence electrons. The van der Waals surface area contributed by atoms with E-state index < -0.39 is 0 Å². The zero-order valence-corrected chi connectivity index (χ0v) is 23.8. The monoisotopic (exact) mass is 539 g/mol. The molecule has 0 fully saturated rings. The Morgan fingerprint density at radius 3 is 2.71 bits per heavy atom. The maximum atomic E-state index is 13.6. The zero-order valence-electron chi connectivity index (χ0n) is 22.9. The molecule has 0 aliphatic rings. The van der Waals surface area contributed by atoms with Gasteiger partial charge < -0.3 is 14.6 Å². The quantitative estimate of drug-likeness (QED) is 0.137. The number of aromatic nitrogens is 3. The van der Waals surface area contributed by atoms with Gasteiger partial charge in [-0.05, 0) is 57.1 Å². The molecule has 0 atom stereocenters. The topological polar surface area (TPSA) is 119 Å². The summed E-state index contributed by atoms with van der Waals surface area (Å²) in [5.74, 6) is 0.257. The summed E-state index contributed by atoms with van der Waals surface area (Å²) in [5, 5.41) is 20.7. The van der Waals surface area contributed by atoms with E-state index in [-0.39, 0.29) is 12.5 Å². The molecule has 0 aromatic carbocycles. The van der Waals surface area contributed by atoms with E-state index in [1.807, 2.05) is 52.0 Å². The second-order valence-electron chi connectivity index (χ2n) is 8.48. The first-order valence-electron chi connectivity index (χ1n) is 12.5. The van der Waals surface area contributed by atoms with Gasteiger partial charge in [-0.2, -0.15) is 0 Å². The number of aliphatic hydroxyl groups excluding tert-OH is 1. The molecule has 0 radical (unpaired) electrons. The average Bonchev–Trinajstić information content (AvgIpc) is 3.34. The molecule has 0 aliphatic carbocycles. The third kappa shape index (κ3) is 9.68. The van der Waals surface area contributed by atoms with Crippen LogP contribution in [-0.4, -0.2) is 52.7 Å². The molecule has 0 bridgehead atoms. The van der Waals surface area contributed by atoms with Gasteiger partial charge in [0.15, 0.2) is 0 Å². The predicted molar refractivity (Wildman–Crippen MR) is 154 cm³/mol. The lowest BCUT2D eigenvalue weighted by molar-refractivity contribution is -0.112. The molecule has 2 aromatic rings. The first kappa shape index (κ1) is 30.6. The second kappa shape index (κ2) is 16.3. The van der Waals surface area contributed by atoms with Crippen molar-refractivity contribution >= 4 is 34.2 Å². The molecule has 9 nitrogen and oxygen atoms in total. The lowest BCUT2D eigenvalue weighted by Gasteiger charge is -2.14. The Morgan fingerprint density at radius 1 is 1.26 bits per heavy atom. The minimum Gasteiger partial charge on any atom is -0.494 e. The summed E-state index contributed by atoms with van der Waals surface area (Å²) in [5.41, 5.74) is 4.41. The molecule has 0 unspecified atom stereocenters. The van der Waals surface area contributed by atoms with Crippen molar-refractivity contribution in [1.29, 1.82) is 0 Å². The van der Waals surface area contributed by atoms with Crippen LogP contribution in [0, 0.1) is 6.92 Å². The number of methoxy groups -OCH3 is 1. The number of pyridine rings is 1. The van der Waals surface area contributed by atoms with Crippen molar-refractivity contribution in [2.75, 3.05) is 25.6 Å². The average molecular weight is 540 g/mol. The first-order valence-corrected chi connectivity index (χ1v) is 13.3. The fourth-order valence-electron chi connectivity index (χ4n) is 3.24. The lowest BCUT2D eigenvalue weighted by Crippen LogP contribution is -2.15. The fourth-order valence-corrected chi connectivity index (χ4v) is 3.85. The number of rotatable bonds is 14. The van der Waals surface area contributed by atoms with Crippen molar-refractivity contribution in [1.82, 2.24) is 15.2 Å². The van der Waals surface area contributed by atoms with Crippen molar-refractivity contribution in [3.63, 3.8) is 0 Å². The molecule has 2 N–H and O–H groups in total. The molecular weight excluding hydrogens is 502 g/mol. The number of ether oxygens (including phenoxy) is 2. The van der Waals surface area contributed by atoms with E-state index in [9.17, 15) is 4.79 Å². The number of hydrogen-bond acceptors (Lipinski definition) is 9. The van der Waals surface area contributed by atoms with Crippen molar-refractivity contribution in [3.8, 4) is 10.9 Å². The Kier molecular flexibility index (Phi) is 13.1. The number of allylic oxidation sites excluding steroid dienone is 5. The van der Waals surface area contributed by atoms with Gasteiger partial charge in [-0.15, -0.1) is 5.10 Å². The lowest BCUT2D eigenvalue weighted by atomic mass is 9.96. The van der Waals surface area contributed by atoms with Crippen LogP contribution in [-0.2, 0) is 4.79 Å². The highest BCUT2D eigenvalue weighted by molar-refractivity contribution is 7.17. The van der Waals surface area contributed by atoms with Crippen LogP contribution in [0.3, 0.4) is 0 Å². The largest absolute Gasteiger partial charge is 0.494 e. The molecule has 0 saturated heterocycles. The predicted octanol–water partition coefficient (Wildman–Crippen LogP) is 5.70. The van der Waals surface area contributed by atoms with Crippen LogP contribution in [0.2, 0.25) is 0 Å². The number of carbonyl (C=O) groups is 1. The van der Waals surface area contributed by atoms with Crippen LogP contribution in [0.25, 0.3) is 5.57 Å². The second-order valence-corrected chi connectivity index (χ2v) is 9.42. The molecule has 10 heteroatoms. The molecular formula is C28H37N5O4S. The Morgan fingerprint density at radius 2 is 2.05 bits per heavy atom. The van der Waals surface area contributed by atoms with E-state index in [0.717, 1.165) is 46.6 Å². The van der Waals surface area contributed by atoms with Crippen molar-refractivity contribution < 1.29 is 19.4 Å². The number of aryl methyl sites for hydroxylation is 1. The van der Waals surface area contributed by atoms with E-state index >= 15 is 0 Å². The van der Waals surface area contributed by atoms with Crippen LogP contribution in [0.1, 0.15) is 58.2 Å². The molecule has 0 spiro atoms. The minimum absolute atomic E-state index is 0.111. The molecule has 0 aliphatic heterocycles. The summed E-state index contributed by atoms with van der Waals surface area (Å²) in [6, 6.07) is 1.91. The van der Waals surface area contributed by atoms with Gasteiger partial charge in [-0.3, -0.25) is 20.1 Å². The number of aliphatic hydroxyl groups is 1. The van der Waals surface area contributed by atoms with Crippen LogP contribution in [0.5, 0.6) is 10.9 Å². The summed E-state index contributed by atoms with van der Waals surface area (Å²) >= 11 is 1.14. The van der Waals surface area contributed by atoms with Crippen LogP contribution < -0.4 is 14.8 Å². The van der Waals surface area contributed by atoms with Gasteiger partial charge in [-0.1, -0.05) is 48.3 Å². The van der Waals surface area contributed by atoms with Gasteiger partial charge in [0.2, 0.25) is 5.13 Å². The van der Waals surface area contributed by atoms with E-state index in [2.05, 4.69) is 32.4 Å². The number of aliphatic imine (C=N–C) groups is 1. The normalized spacial score (nSPS) is 12.6. The van der Waals surface area contributed by atoms with E-state index in [1.54, 1.807) is 25.6 Å². The summed E-state index contributed by atoms with van der Waals surface area (Å²) in [6.07, 6.45) is 13.2. The van der Waals surface area contributed by atoms with Crippen molar-refractivity contribution in [3.05, 3.63) is 64.7 Å². The highest BCUT2D eigenvalue weighted by atomic mass is 32.1. The summed E-state index contributed by atoms with van der Waals surface area (Å²) in [4.78, 5) is 22.1. The Hall–Kier alpha value is -3.63. The third-order valence-electron chi connectivity index (χ3n) is 5.07. The number of nitrogens with zero attached hydrogens (tertiary/aromatic N) is 4. The number of anilines is 1. The molecule has 2 rings (SSSR count). The number of amides is 1. The summed E-state index contributed by atoms with van der Waals surface area (Å²) in [7, 11) is 1.59. The van der Waals surface area contributed by atoms with Crippen LogP contribution in [0.4, 0.5) is 5.13 Å². The minimum atomic E-state index is -0.320. The Balaban J connectivity index is 2.32. The number of nitrogens with one attached hydrogen (secondary N) is 1. The van der Waals surface area contributed by atoms with Gasteiger partial charge in [-0.25, -0.2) is 0 Å². The van der Waals surface area contributed by atoms with Crippen molar-refractivity contribution in [2.24, 2.45) is 4.99 Å². The van der Waals surface area contributed by atoms with E-state index in [1.165, 1.54) is 0 Å². The van der Waals surface area contributed by atoms with Crippen molar-refractivity contribution in [2.45, 2.75) is 53.9 Å². The SMILES string of the molecule is C/C=C(CO)\N=C/CCOc1nnc(NC(=O)C(/C=C/CCC)=C(/C=C(C)C)c2cc(C)ncc2OC)s1. The summed E-state index contributed by atoms with van der Waals surface area (Å²) in [6.45, 7) is 9.98. The summed E-state index contributed by atoms with van der Waals surface area (Å²) < 4.78 is 11.2. The Labute approximate surface area is 228 Å². The Bertz CT molecular complexity index is 1220. The van der Waals surface area contributed by atoms with Gasteiger partial charge in [0.25, 0.3) is 11.1 Å². The third-order valence-corrected chi connectivity index (χ3v) is 5.82. The molecule has 38 heavy (non-hydrogen) atoms. The molecule has 1 amide bonds. The smallest absolute Gasteiger partial charge is 0.295 e. The molecule has 2 aromatic heterocycles. The van der Waals surface area contributed by atoms with Crippen LogP contribution in [0.15, 0.2) is 58.4 Å². The van der Waals surface area contributed by atoms with Gasteiger partial charge >= 0.3 is 0 Å². The highest BCUT2D eigenvalue weighted by Gasteiger charge is 2.19. The zero-order chi connectivity index (χ0) is 27.9. The molecule has 2 heterocycles. The fraction of sp³-hybridized carbons (Fsp3) is 0.393. The van der Waals surface area contributed by atoms with Crippen LogP contribution >= 0.6 is 11.3 Å². The maximum absolute atomic E-state index is 13.6. The van der Waals surface area contributed by atoms with Gasteiger partial charge in [0.1, 0.15) is 5.75 Å². The first-order chi connectivity index (χ1) is 18.3. The standard InChI is InChI=1S/C28H37N5O4S/c1-7-9-10-12-22(23(15-19(3)4)24-16-20(5)30-17-25(24)36-6)26(35)31-27-32-33-28(38-27)37-14-11-13-29-21(8-2)18-34/h8,10,12-13,15-17,34H,7,9,11,14,18H2,1-6H3,(H,31,32,35)/b12-10+,21-8-,23-22-,29-13-. The number of carbonyl (C=O) groups excluding carboxylic acids is 1.